The number of hydrogen-bond donors (Lipinski definition) is 1. The Morgan fingerprint density at radius 1 is 1.07 bits per heavy atom. The zero-order chi connectivity index (χ0) is 19.7. The smallest absolute Gasteiger partial charge is 0.174 e. The molecule has 2 aromatic carbocycles. The summed E-state index contributed by atoms with van der Waals surface area (Å²) in [5.74, 6) is 0.859. The lowest BCUT2D eigenvalue weighted by atomic mass is 10.00. The van der Waals surface area contributed by atoms with E-state index in [1.165, 1.54) is 22.4 Å². The van der Waals surface area contributed by atoms with E-state index in [0.29, 0.717) is 0 Å². The Morgan fingerprint density at radius 2 is 1.86 bits per heavy atom. The minimum absolute atomic E-state index is 0.0698. The molecule has 1 aliphatic rings. The van der Waals surface area contributed by atoms with Gasteiger partial charge in [0.05, 0.1) is 13.2 Å². The normalized spacial score (nSPS) is 15.8. The van der Waals surface area contributed by atoms with Crippen molar-refractivity contribution in [1.82, 2.24) is 9.47 Å². The van der Waals surface area contributed by atoms with Gasteiger partial charge in [-0.25, -0.2) is 0 Å². The Balaban J connectivity index is 1.66. The fraction of sp³-hybridized carbons (Fsp3) is 0.261. The number of aromatic nitrogens is 1. The monoisotopic (exact) mass is 391 g/mol. The van der Waals surface area contributed by atoms with Gasteiger partial charge in [0.2, 0.25) is 0 Å². The van der Waals surface area contributed by atoms with Crippen LogP contribution in [0.15, 0.2) is 60.8 Å². The van der Waals surface area contributed by atoms with Crippen LogP contribution in [-0.4, -0.2) is 28.2 Å². The molecule has 0 saturated carbocycles. The molecule has 0 unspecified atom stereocenters. The van der Waals surface area contributed by atoms with Crippen LogP contribution in [0.1, 0.15) is 28.4 Å². The highest BCUT2D eigenvalue weighted by Gasteiger charge is 2.30. The van der Waals surface area contributed by atoms with E-state index >= 15 is 0 Å². The van der Waals surface area contributed by atoms with Gasteiger partial charge in [-0.15, -0.1) is 0 Å². The average molecular weight is 392 g/mol. The van der Waals surface area contributed by atoms with E-state index in [-0.39, 0.29) is 6.04 Å². The lowest BCUT2D eigenvalue weighted by Crippen LogP contribution is -2.44. The molecule has 0 saturated heterocycles. The van der Waals surface area contributed by atoms with Crippen molar-refractivity contribution >= 4 is 23.0 Å². The van der Waals surface area contributed by atoms with Crippen molar-refractivity contribution in [3.63, 3.8) is 0 Å². The van der Waals surface area contributed by atoms with E-state index < -0.39 is 0 Å². The fourth-order valence-electron chi connectivity index (χ4n) is 3.88. The third-order valence-electron chi connectivity index (χ3n) is 5.35. The first kappa shape index (κ1) is 18.6. The zero-order valence-corrected chi connectivity index (χ0v) is 17.3. The fourth-order valence-corrected chi connectivity index (χ4v) is 4.19. The Morgan fingerprint density at radius 3 is 2.57 bits per heavy atom. The molecule has 0 fully saturated rings. The van der Waals surface area contributed by atoms with Gasteiger partial charge in [0.25, 0.3) is 0 Å². The quantitative estimate of drug-likeness (QED) is 0.642. The van der Waals surface area contributed by atoms with Crippen molar-refractivity contribution in [3.8, 4) is 5.75 Å². The topological polar surface area (TPSA) is 29.4 Å². The van der Waals surface area contributed by atoms with Gasteiger partial charge in [-0.1, -0.05) is 29.8 Å². The number of benzene rings is 2. The maximum atomic E-state index is 5.86. The van der Waals surface area contributed by atoms with E-state index in [9.17, 15) is 0 Å². The Bertz CT molecular complexity index is 993. The molecular formula is C23H25N3OS. The van der Waals surface area contributed by atoms with Crippen LogP contribution in [0, 0.1) is 13.8 Å². The summed E-state index contributed by atoms with van der Waals surface area (Å²) in [6.45, 7) is 5.99. The number of ether oxygens (including phenoxy) is 1. The first-order valence-electron chi connectivity index (χ1n) is 9.50. The van der Waals surface area contributed by atoms with Gasteiger partial charge in [0.1, 0.15) is 5.75 Å². The number of nitrogens with one attached hydrogen (secondary N) is 1. The summed E-state index contributed by atoms with van der Waals surface area (Å²) in [7, 11) is 1.69. The Hall–Kier alpha value is -2.79. The molecule has 0 bridgehead atoms. The van der Waals surface area contributed by atoms with Crippen LogP contribution >= 0.6 is 12.2 Å². The van der Waals surface area contributed by atoms with E-state index in [1.54, 1.807) is 7.11 Å². The van der Waals surface area contributed by atoms with Crippen molar-refractivity contribution in [2.24, 2.45) is 0 Å². The van der Waals surface area contributed by atoms with Crippen molar-refractivity contribution in [2.45, 2.75) is 26.4 Å². The first-order chi connectivity index (χ1) is 13.6. The molecule has 4 nitrogen and oxygen atoms in total. The van der Waals surface area contributed by atoms with Crippen molar-refractivity contribution < 1.29 is 4.74 Å². The minimum Gasteiger partial charge on any atom is -0.497 e. The van der Waals surface area contributed by atoms with E-state index in [2.05, 4.69) is 77.3 Å². The molecule has 28 heavy (non-hydrogen) atoms. The molecule has 0 aliphatic carbocycles. The molecule has 1 aromatic heterocycles. The summed E-state index contributed by atoms with van der Waals surface area (Å²) in [5, 5.41) is 4.23. The SMILES string of the molecule is COc1ccc([C@H]2c3cccn3CCN2C(=S)Nc2ccc(C)cc2C)cc1. The number of nitrogens with zero attached hydrogens (tertiary/aromatic N) is 2. The number of anilines is 1. The third-order valence-corrected chi connectivity index (χ3v) is 5.69. The third kappa shape index (κ3) is 3.50. The highest BCUT2D eigenvalue weighted by molar-refractivity contribution is 7.80. The van der Waals surface area contributed by atoms with E-state index in [1.807, 2.05) is 12.1 Å². The van der Waals surface area contributed by atoms with Gasteiger partial charge in [-0.3, -0.25) is 0 Å². The molecule has 144 valence electrons. The lowest BCUT2D eigenvalue weighted by Gasteiger charge is -2.39. The summed E-state index contributed by atoms with van der Waals surface area (Å²) in [4.78, 5) is 2.28. The molecule has 0 amide bonds. The molecule has 5 heteroatoms. The zero-order valence-electron chi connectivity index (χ0n) is 16.5. The second-order valence-corrected chi connectivity index (χ2v) is 7.63. The van der Waals surface area contributed by atoms with Gasteiger partial charge in [-0.2, -0.15) is 0 Å². The molecule has 0 spiro atoms. The molecule has 1 atom stereocenters. The Kier molecular flexibility index (Phi) is 5.09. The van der Waals surface area contributed by atoms with Crippen LogP contribution in [0.4, 0.5) is 5.69 Å². The van der Waals surface area contributed by atoms with Crippen LogP contribution in [-0.2, 0) is 6.54 Å². The average Bonchev–Trinajstić information content (AvgIpc) is 3.18. The van der Waals surface area contributed by atoms with E-state index in [0.717, 1.165) is 29.6 Å². The number of thiocarbonyl (C=S) groups is 1. The molecule has 1 aliphatic heterocycles. The number of hydrogen-bond acceptors (Lipinski definition) is 2. The van der Waals surface area contributed by atoms with Crippen LogP contribution in [0.25, 0.3) is 0 Å². The highest BCUT2D eigenvalue weighted by Crippen LogP contribution is 2.34. The van der Waals surface area contributed by atoms with Gasteiger partial charge >= 0.3 is 0 Å². The largest absolute Gasteiger partial charge is 0.497 e. The summed E-state index contributed by atoms with van der Waals surface area (Å²) in [6.07, 6.45) is 2.14. The number of fused-ring (bicyclic) bond motifs is 1. The van der Waals surface area contributed by atoms with Gasteiger partial charge in [-0.05, 0) is 67.5 Å². The molecule has 1 N–H and O–H groups in total. The minimum atomic E-state index is 0.0698. The lowest BCUT2D eigenvalue weighted by molar-refractivity contribution is 0.293. The van der Waals surface area contributed by atoms with Gasteiger partial charge in [0, 0.05) is 30.7 Å². The maximum Gasteiger partial charge on any atom is 0.174 e. The van der Waals surface area contributed by atoms with E-state index in [4.69, 9.17) is 17.0 Å². The number of methoxy groups -OCH3 is 1. The number of aryl methyl sites for hydroxylation is 2. The number of rotatable bonds is 3. The summed E-state index contributed by atoms with van der Waals surface area (Å²) in [6, 6.07) is 19.0. The van der Waals surface area contributed by atoms with Gasteiger partial charge in [0.15, 0.2) is 5.11 Å². The van der Waals surface area contributed by atoms with Crippen LogP contribution in [0.3, 0.4) is 0 Å². The predicted octanol–water partition coefficient (Wildman–Crippen LogP) is 4.92. The second kappa shape index (κ2) is 7.68. The summed E-state index contributed by atoms with van der Waals surface area (Å²) < 4.78 is 7.64. The summed E-state index contributed by atoms with van der Waals surface area (Å²) >= 11 is 5.86. The summed E-state index contributed by atoms with van der Waals surface area (Å²) in [5.41, 5.74) is 5.96. The standard InChI is InChI=1S/C23H25N3OS/c1-16-6-11-20(17(2)15-16)24-23(28)26-14-13-25-12-4-5-21(25)22(26)18-7-9-19(27-3)10-8-18/h4-12,15,22H,13-14H2,1-3H3,(H,24,28)/t22-/m0/s1. The van der Waals surface area contributed by atoms with Crippen molar-refractivity contribution in [2.75, 3.05) is 19.0 Å². The maximum absolute atomic E-state index is 5.86. The molecule has 2 heterocycles. The van der Waals surface area contributed by atoms with Crippen LogP contribution < -0.4 is 10.1 Å². The van der Waals surface area contributed by atoms with Crippen molar-refractivity contribution in [3.05, 3.63) is 83.2 Å². The van der Waals surface area contributed by atoms with Gasteiger partial charge < -0.3 is 19.5 Å². The van der Waals surface area contributed by atoms with Crippen LogP contribution in [0.5, 0.6) is 5.75 Å². The Labute approximate surface area is 171 Å². The molecular weight excluding hydrogens is 366 g/mol. The van der Waals surface area contributed by atoms with Crippen molar-refractivity contribution in [1.29, 1.82) is 0 Å². The second-order valence-electron chi connectivity index (χ2n) is 7.24. The first-order valence-corrected chi connectivity index (χ1v) is 9.91. The highest BCUT2D eigenvalue weighted by atomic mass is 32.1. The molecule has 0 radical (unpaired) electrons. The molecule has 3 aromatic rings. The molecule has 4 rings (SSSR count). The predicted molar refractivity (Wildman–Crippen MR) is 118 cm³/mol. The van der Waals surface area contributed by atoms with Crippen LogP contribution in [0.2, 0.25) is 0 Å².